The number of carbonyl (C=O) groups excluding carboxylic acids is 2. The van der Waals surface area contributed by atoms with Gasteiger partial charge in [-0.2, -0.15) is 0 Å². The molecule has 3 heterocycles. The lowest BCUT2D eigenvalue weighted by Gasteiger charge is -2.51. The van der Waals surface area contributed by atoms with Crippen LogP contribution in [0.4, 0.5) is 0 Å². The Kier molecular flexibility index (Phi) is 19.8. The summed E-state index contributed by atoms with van der Waals surface area (Å²) in [6.07, 6.45) is 1.45. The van der Waals surface area contributed by atoms with Crippen molar-refractivity contribution in [3.63, 3.8) is 0 Å². The number of ether oxygens (including phenoxy) is 8. The molecule has 3 rings (SSSR count). The first-order valence-electron chi connectivity index (χ1n) is 20.1. The lowest BCUT2D eigenvalue weighted by Crippen LogP contribution is -2.66. The number of aliphatic hydroxyl groups excluding tert-OH is 3. The number of nitrogens with zero attached hydrogens (tertiary/aromatic N) is 1. The van der Waals surface area contributed by atoms with Crippen LogP contribution >= 0.6 is 0 Å². The second kappa shape index (κ2) is 22.9. The summed E-state index contributed by atoms with van der Waals surface area (Å²) < 4.78 is 49.7. The van der Waals surface area contributed by atoms with E-state index in [0.717, 1.165) is 25.5 Å². The van der Waals surface area contributed by atoms with E-state index in [4.69, 9.17) is 37.9 Å². The molecule has 3 N–H and O–H groups in total. The van der Waals surface area contributed by atoms with Gasteiger partial charge in [-0.25, -0.2) is 0 Å². The molecule has 14 nitrogen and oxygen atoms in total. The summed E-state index contributed by atoms with van der Waals surface area (Å²) in [5.74, 6) is -1.58. The third kappa shape index (κ3) is 13.4. The molecule has 0 amide bonds. The number of allylic oxidation sites excluding steroid dienone is 2. The van der Waals surface area contributed by atoms with Gasteiger partial charge in [0.25, 0.3) is 0 Å². The first kappa shape index (κ1) is 47.6. The summed E-state index contributed by atoms with van der Waals surface area (Å²) in [6, 6.07) is -0.651. The lowest BCUT2D eigenvalue weighted by atomic mass is 9.82. The molecule has 0 radical (unpaired) electrons. The van der Waals surface area contributed by atoms with E-state index < -0.39 is 91.4 Å². The normalized spacial score (nSPS) is 42.4. The highest BCUT2D eigenvalue weighted by molar-refractivity contribution is 5.70. The van der Waals surface area contributed by atoms with Crippen molar-refractivity contribution in [2.24, 2.45) is 11.8 Å². The number of aliphatic hydroxyl groups is 3. The molecule has 3 aliphatic heterocycles. The standard InChI is InChI=1S/C41H71NO13/c1-11-12-16-21-50-39-28(5)52-33(24-41(39,6)49-10)54-36-27(4)53-40(35(47)34(36)42(7)8)55-37-29(19-20-43)22-25(2)30(44)18-15-13-14-17-26(3)51-32(46)23-31(45)38(37)48-9/h13-15,18,20,25-31,33-40,44-45,47H,11-12,16-17,19,21-24H2,1-10H3/b14-13+,18-15-/t25-,26-,27-,28+,29+,30-,31-,33+,34-,35-,36-,37+,38+,39+,40+,41-/m1/s1. The molecule has 16 atom stereocenters. The largest absolute Gasteiger partial charge is 0.462 e. The van der Waals surface area contributed by atoms with E-state index >= 15 is 0 Å². The van der Waals surface area contributed by atoms with E-state index in [9.17, 15) is 24.9 Å². The van der Waals surface area contributed by atoms with Gasteiger partial charge in [0.2, 0.25) is 0 Å². The number of likely N-dealkylation sites (N-methyl/N-ethyl adjacent to an activating group) is 1. The Morgan fingerprint density at radius 2 is 1.71 bits per heavy atom. The van der Waals surface area contributed by atoms with Crippen molar-refractivity contribution in [1.82, 2.24) is 4.90 Å². The van der Waals surface area contributed by atoms with Gasteiger partial charge in [0.1, 0.15) is 36.8 Å². The minimum Gasteiger partial charge on any atom is -0.462 e. The molecule has 55 heavy (non-hydrogen) atoms. The van der Waals surface area contributed by atoms with Crippen LogP contribution in [-0.2, 0) is 47.5 Å². The zero-order valence-corrected chi connectivity index (χ0v) is 34.8. The van der Waals surface area contributed by atoms with Crippen LogP contribution in [0.5, 0.6) is 0 Å². The maximum absolute atomic E-state index is 12.9. The summed E-state index contributed by atoms with van der Waals surface area (Å²) in [5.41, 5.74) is -0.694. The summed E-state index contributed by atoms with van der Waals surface area (Å²) >= 11 is 0. The summed E-state index contributed by atoms with van der Waals surface area (Å²) in [7, 11) is 6.69. The molecule has 0 spiro atoms. The van der Waals surface area contributed by atoms with Gasteiger partial charge in [0.15, 0.2) is 12.6 Å². The Morgan fingerprint density at radius 1 is 0.982 bits per heavy atom. The Morgan fingerprint density at radius 3 is 2.35 bits per heavy atom. The van der Waals surface area contributed by atoms with Crippen molar-refractivity contribution < 1.29 is 62.8 Å². The van der Waals surface area contributed by atoms with Crippen LogP contribution in [0, 0.1) is 11.8 Å². The Balaban J connectivity index is 1.90. The number of rotatable bonds is 14. The molecule has 0 saturated carbocycles. The summed E-state index contributed by atoms with van der Waals surface area (Å²) in [5, 5.41) is 34.5. The fraction of sp³-hybridized carbons (Fsp3) is 0.854. The SMILES string of the molecule is CCCCCO[C@H]1[C@H](C)O[C@@H](O[C@H]2[C@H](N(C)C)[C@@H](O)[C@H](O[C@H]3[C@@H](CC=O)C[C@@H](C)[C@H](O)/C=C\C=C\C[C@@H](C)OC(=O)C[C@@H](O)[C@@H]3OC)O[C@@H]2C)C[C@@]1(C)OC. The van der Waals surface area contributed by atoms with Gasteiger partial charge in [-0.1, -0.05) is 51.0 Å². The van der Waals surface area contributed by atoms with E-state index in [1.807, 2.05) is 52.8 Å². The van der Waals surface area contributed by atoms with Gasteiger partial charge in [0.05, 0.1) is 48.6 Å². The molecule has 318 valence electrons. The topological polar surface area (TPSA) is 172 Å². The maximum atomic E-state index is 12.9. The van der Waals surface area contributed by atoms with Gasteiger partial charge in [-0.05, 0) is 66.5 Å². The predicted molar refractivity (Wildman–Crippen MR) is 205 cm³/mol. The molecule has 2 saturated heterocycles. The molecular weight excluding hydrogens is 714 g/mol. The zero-order chi connectivity index (χ0) is 40.9. The van der Waals surface area contributed by atoms with Gasteiger partial charge in [-0.3, -0.25) is 4.79 Å². The highest BCUT2D eigenvalue weighted by atomic mass is 16.7. The second-order valence-corrected chi connectivity index (χ2v) is 16.0. The Bertz CT molecular complexity index is 1200. The number of carbonyl (C=O) groups is 2. The minimum atomic E-state index is -1.40. The Labute approximate surface area is 328 Å². The van der Waals surface area contributed by atoms with Crippen molar-refractivity contribution in [2.45, 2.75) is 178 Å². The molecule has 3 aliphatic rings. The fourth-order valence-corrected chi connectivity index (χ4v) is 8.09. The van der Waals surface area contributed by atoms with Crippen LogP contribution in [0.25, 0.3) is 0 Å². The third-order valence-corrected chi connectivity index (χ3v) is 11.3. The highest BCUT2D eigenvalue weighted by Gasteiger charge is 2.52. The molecule has 0 aromatic heterocycles. The number of unbranched alkanes of at least 4 members (excludes halogenated alkanes) is 2. The smallest absolute Gasteiger partial charge is 0.308 e. The first-order chi connectivity index (χ1) is 26.1. The van der Waals surface area contributed by atoms with E-state index in [0.29, 0.717) is 19.4 Å². The van der Waals surface area contributed by atoms with Crippen LogP contribution in [0.3, 0.4) is 0 Å². The van der Waals surface area contributed by atoms with E-state index in [-0.39, 0.29) is 31.0 Å². The molecule has 0 bridgehead atoms. The molecule has 0 unspecified atom stereocenters. The van der Waals surface area contributed by atoms with Crippen LogP contribution in [0.2, 0.25) is 0 Å². The van der Waals surface area contributed by atoms with E-state index in [1.165, 1.54) is 7.11 Å². The molecule has 0 aliphatic carbocycles. The van der Waals surface area contributed by atoms with Crippen molar-refractivity contribution in [1.29, 1.82) is 0 Å². The quantitative estimate of drug-likeness (QED) is 0.132. The summed E-state index contributed by atoms with van der Waals surface area (Å²) in [4.78, 5) is 26.9. The average molecular weight is 786 g/mol. The van der Waals surface area contributed by atoms with Gasteiger partial charge >= 0.3 is 5.97 Å². The van der Waals surface area contributed by atoms with Crippen molar-refractivity contribution in [2.75, 3.05) is 34.9 Å². The van der Waals surface area contributed by atoms with Gasteiger partial charge in [0, 0.05) is 40.1 Å². The van der Waals surface area contributed by atoms with Crippen LogP contribution in [-0.4, -0.2) is 153 Å². The highest BCUT2D eigenvalue weighted by Crippen LogP contribution is 2.38. The van der Waals surface area contributed by atoms with Crippen LogP contribution in [0.15, 0.2) is 24.3 Å². The van der Waals surface area contributed by atoms with Crippen LogP contribution < -0.4 is 0 Å². The molecule has 0 aromatic carbocycles. The van der Waals surface area contributed by atoms with Crippen molar-refractivity contribution >= 4 is 12.3 Å². The maximum Gasteiger partial charge on any atom is 0.308 e. The first-order valence-corrected chi connectivity index (χ1v) is 20.1. The lowest BCUT2D eigenvalue weighted by molar-refractivity contribution is -0.347. The predicted octanol–water partition coefficient (Wildman–Crippen LogP) is 3.71. The van der Waals surface area contributed by atoms with Gasteiger partial charge in [-0.15, -0.1) is 0 Å². The number of aldehydes is 1. The van der Waals surface area contributed by atoms with Crippen LogP contribution in [0.1, 0.15) is 92.9 Å². The number of cyclic esters (lactones) is 1. The monoisotopic (exact) mass is 785 g/mol. The van der Waals surface area contributed by atoms with E-state index in [2.05, 4.69) is 6.92 Å². The zero-order valence-electron chi connectivity index (χ0n) is 34.8. The van der Waals surface area contributed by atoms with Crippen molar-refractivity contribution in [3.8, 4) is 0 Å². The number of hydrogen-bond acceptors (Lipinski definition) is 14. The second-order valence-electron chi connectivity index (χ2n) is 16.0. The third-order valence-electron chi connectivity index (χ3n) is 11.3. The average Bonchev–Trinajstić information content (AvgIpc) is 3.11. The molecule has 2 fully saturated rings. The number of hydrogen-bond donors (Lipinski definition) is 3. The fourth-order valence-electron chi connectivity index (χ4n) is 8.09. The molecule has 14 heteroatoms. The molecular formula is C41H71NO13. The molecule has 0 aromatic rings. The summed E-state index contributed by atoms with van der Waals surface area (Å²) in [6.45, 7) is 12.1. The number of methoxy groups -OCH3 is 2. The van der Waals surface area contributed by atoms with E-state index in [1.54, 1.807) is 32.3 Å². The van der Waals surface area contributed by atoms with Gasteiger partial charge < -0.3 is 62.9 Å². The minimum absolute atomic E-state index is 0.0145. The number of esters is 1. The van der Waals surface area contributed by atoms with Crippen molar-refractivity contribution in [3.05, 3.63) is 24.3 Å². The Hall–Kier alpha value is -1.82.